The van der Waals surface area contributed by atoms with E-state index in [2.05, 4.69) is 57.3 Å². The molecule has 1 aromatic heterocycles. The van der Waals surface area contributed by atoms with Gasteiger partial charge in [-0.25, -0.2) is 10.8 Å². The van der Waals surface area contributed by atoms with Crippen LogP contribution in [-0.4, -0.2) is 16.0 Å². The monoisotopic (exact) mass is 362 g/mol. The minimum absolute atomic E-state index is 0.213. The molecule has 136 valence electrons. The van der Waals surface area contributed by atoms with E-state index in [1.807, 2.05) is 12.1 Å². The quantitative estimate of drug-likeness (QED) is 0.288. The van der Waals surface area contributed by atoms with Crippen LogP contribution in [0.4, 0.5) is 10.8 Å². The number of carbonyl (C=O) groups is 1. The fourth-order valence-corrected chi connectivity index (χ4v) is 3.19. The summed E-state index contributed by atoms with van der Waals surface area (Å²) in [5, 5.41) is 16.2. The van der Waals surface area contributed by atoms with Crippen molar-refractivity contribution >= 4 is 28.1 Å². The molecule has 0 atom stereocenters. The molecule has 0 aliphatic carbocycles. The highest BCUT2D eigenvalue weighted by atomic mass is 32.1. The van der Waals surface area contributed by atoms with Crippen molar-refractivity contribution in [3.63, 3.8) is 0 Å². The number of amides is 1. The van der Waals surface area contributed by atoms with Crippen molar-refractivity contribution in [2.45, 2.75) is 52.4 Å². The van der Waals surface area contributed by atoms with E-state index in [1.165, 1.54) is 11.3 Å². The average Bonchev–Trinajstić information content (AvgIpc) is 2.94. The van der Waals surface area contributed by atoms with Gasteiger partial charge in [-0.3, -0.25) is 10.2 Å². The molecule has 0 spiro atoms. The van der Waals surface area contributed by atoms with Gasteiger partial charge in [0.25, 0.3) is 5.91 Å². The maximum absolute atomic E-state index is 11.5. The van der Waals surface area contributed by atoms with Gasteiger partial charge in [0.1, 0.15) is 11.4 Å². The SMILES string of the molecule is CC(C)(C)c1cc(Nc2nc(C(=O)NN)cs2)cc(C(C)(C)C)c1O. The summed E-state index contributed by atoms with van der Waals surface area (Å²) in [7, 11) is 0. The summed E-state index contributed by atoms with van der Waals surface area (Å²) < 4.78 is 0. The number of thiazole rings is 1. The lowest BCUT2D eigenvalue weighted by Crippen LogP contribution is -2.30. The van der Waals surface area contributed by atoms with Crippen molar-refractivity contribution in [3.05, 3.63) is 34.3 Å². The number of anilines is 2. The van der Waals surface area contributed by atoms with Crippen LogP contribution >= 0.6 is 11.3 Å². The number of hydrogen-bond donors (Lipinski definition) is 4. The number of hydrogen-bond acceptors (Lipinski definition) is 6. The van der Waals surface area contributed by atoms with E-state index in [9.17, 15) is 9.90 Å². The Morgan fingerprint density at radius 1 is 1.12 bits per heavy atom. The minimum Gasteiger partial charge on any atom is -0.507 e. The summed E-state index contributed by atoms with van der Waals surface area (Å²) in [6, 6.07) is 3.85. The van der Waals surface area contributed by atoms with Crippen molar-refractivity contribution in [2.75, 3.05) is 5.32 Å². The molecule has 0 bridgehead atoms. The van der Waals surface area contributed by atoms with E-state index in [0.717, 1.165) is 16.8 Å². The predicted molar refractivity (Wildman–Crippen MR) is 103 cm³/mol. The Labute approximate surface area is 152 Å². The fraction of sp³-hybridized carbons (Fsp3) is 0.444. The van der Waals surface area contributed by atoms with Crippen LogP contribution in [0.3, 0.4) is 0 Å². The molecule has 6 nitrogen and oxygen atoms in total. The normalized spacial score (nSPS) is 12.1. The van der Waals surface area contributed by atoms with Crippen LogP contribution in [0.5, 0.6) is 5.75 Å². The summed E-state index contributed by atoms with van der Waals surface area (Å²) in [6.45, 7) is 12.4. The second-order valence-corrected chi connectivity index (χ2v) is 8.91. The summed E-state index contributed by atoms with van der Waals surface area (Å²) in [5.74, 6) is 5.03. The molecule has 0 fully saturated rings. The highest BCUT2D eigenvalue weighted by Crippen LogP contribution is 2.41. The first-order valence-corrected chi connectivity index (χ1v) is 8.93. The van der Waals surface area contributed by atoms with Crippen molar-refractivity contribution in [1.29, 1.82) is 0 Å². The van der Waals surface area contributed by atoms with E-state index in [0.29, 0.717) is 10.9 Å². The first kappa shape index (κ1) is 19.2. The number of hydrazine groups is 1. The number of nitrogens with two attached hydrogens (primary N) is 1. The Hall–Kier alpha value is -2.12. The lowest BCUT2D eigenvalue weighted by atomic mass is 9.79. The van der Waals surface area contributed by atoms with Gasteiger partial charge in [-0.05, 0) is 23.0 Å². The zero-order valence-corrected chi connectivity index (χ0v) is 16.3. The number of carbonyl (C=O) groups excluding carboxylic acids is 1. The number of phenolic OH excluding ortho intramolecular Hbond substituents is 1. The van der Waals surface area contributed by atoms with Gasteiger partial charge in [0, 0.05) is 22.2 Å². The number of aromatic hydroxyl groups is 1. The van der Waals surface area contributed by atoms with Crippen molar-refractivity contribution in [2.24, 2.45) is 5.84 Å². The van der Waals surface area contributed by atoms with Gasteiger partial charge >= 0.3 is 0 Å². The predicted octanol–water partition coefficient (Wildman–Crippen LogP) is 3.79. The lowest BCUT2D eigenvalue weighted by molar-refractivity contribution is 0.0949. The zero-order chi connectivity index (χ0) is 19.0. The lowest BCUT2D eigenvalue weighted by Gasteiger charge is -2.28. The van der Waals surface area contributed by atoms with Gasteiger partial charge in [-0.2, -0.15) is 0 Å². The number of aromatic nitrogens is 1. The molecule has 0 aliphatic rings. The third kappa shape index (κ3) is 4.29. The summed E-state index contributed by atoms with van der Waals surface area (Å²) in [4.78, 5) is 15.8. The molecule has 0 radical (unpaired) electrons. The third-order valence-electron chi connectivity index (χ3n) is 3.85. The number of phenols is 1. The highest BCUT2D eigenvalue weighted by Gasteiger charge is 2.26. The van der Waals surface area contributed by atoms with Crippen LogP contribution in [0.15, 0.2) is 17.5 Å². The summed E-state index contributed by atoms with van der Waals surface area (Å²) in [6.07, 6.45) is 0. The maximum Gasteiger partial charge on any atom is 0.284 e. The molecule has 1 amide bonds. The van der Waals surface area contributed by atoms with Crippen LogP contribution < -0.4 is 16.6 Å². The molecule has 2 aromatic rings. The highest BCUT2D eigenvalue weighted by molar-refractivity contribution is 7.14. The average molecular weight is 362 g/mol. The van der Waals surface area contributed by atoms with Gasteiger partial charge in [0.2, 0.25) is 0 Å². The molecule has 1 heterocycles. The molecular formula is C18H26N4O2S. The molecule has 0 aliphatic heterocycles. The van der Waals surface area contributed by atoms with Crippen LogP contribution in [-0.2, 0) is 10.8 Å². The first-order valence-electron chi connectivity index (χ1n) is 8.05. The van der Waals surface area contributed by atoms with Crippen molar-refractivity contribution in [1.82, 2.24) is 10.4 Å². The zero-order valence-electron chi connectivity index (χ0n) is 15.5. The Morgan fingerprint density at radius 2 is 1.64 bits per heavy atom. The Bertz CT molecular complexity index is 750. The van der Waals surface area contributed by atoms with Crippen LogP contribution in [0.2, 0.25) is 0 Å². The molecule has 25 heavy (non-hydrogen) atoms. The smallest absolute Gasteiger partial charge is 0.284 e. The molecular weight excluding hydrogens is 336 g/mol. The molecule has 2 rings (SSSR count). The largest absolute Gasteiger partial charge is 0.507 e. The summed E-state index contributed by atoms with van der Waals surface area (Å²) in [5.41, 5.74) is 4.45. The van der Waals surface area contributed by atoms with E-state index < -0.39 is 5.91 Å². The third-order valence-corrected chi connectivity index (χ3v) is 4.60. The second kappa shape index (κ2) is 6.65. The van der Waals surface area contributed by atoms with Gasteiger partial charge in [-0.15, -0.1) is 11.3 Å². The molecule has 0 unspecified atom stereocenters. The Kier molecular flexibility index (Phi) is 5.11. The van der Waals surface area contributed by atoms with E-state index >= 15 is 0 Å². The van der Waals surface area contributed by atoms with Crippen LogP contribution in [0, 0.1) is 0 Å². The fourth-order valence-electron chi connectivity index (χ4n) is 2.48. The standard InChI is InChI=1S/C18H26N4O2S/c1-17(2,3)11-7-10(8-12(14(11)23)18(4,5)6)20-16-21-13(9-25-16)15(24)22-19/h7-9,23H,19H2,1-6H3,(H,20,21)(H,22,24). The second-order valence-electron chi connectivity index (χ2n) is 8.06. The van der Waals surface area contributed by atoms with Gasteiger partial charge < -0.3 is 10.4 Å². The molecule has 5 N–H and O–H groups in total. The number of nitrogens with one attached hydrogen (secondary N) is 2. The number of nitrogen functional groups attached to an aromatic ring is 1. The molecule has 1 aromatic carbocycles. The van der Waals surface area contributed by atoms with Gasteiger partial charge in [0.05, 0.1) is 0 Å². The van der Waals surface area contributed by atoms with E-state index in [4.69, 9.17) is 5.84 Å². The molecule has 0 saturated carbocycles. The number of benzene rings is 1. The van der Waals surface area contributed by atoms with E-state index in [-0.39, 0.29) is 16.5 Å². The number of nitrogens with zero attached hydrogens (tertiary/aromatic N) is 1. The van der Waals surface area contributed by atoms with Crippen LogP contribution in [0.1, 0.15) is 63.2 Å². The summed E-state index contributed by atoms with van der Waals surface area (Å²) >= 11 is 1.32. The topological polar surface area (TPSA) is 100 Å². The van der Waals surface area contributed by atoms with E-state index in [1.54, 1.807) is 5.38 Å². The Balaban J connectivity index is 2.47. The van der Waals surface area contributed by atoms with Gasteiger partial charge in [-0.1, -0.05) is 41.5 Å². The first-order chi connectivity index (χ1) is 11.4. The van der Waals surface area contributed by atoms with Crippen molar-refractivity contribution < 1.29 is 9.90 Å². The van der Waals surface area contributed by atoms with Crippen molar-refractivity contribution in [3.8, 4) is 5.75 Å². The molecule has 7 heteroatoms. The minimum atomic E-state index is -0.430. The van der Waals surface area contributed by atoms with Crippen LogP contribution in [0.25, 0.3) is 0 Å². The number of rotatable bonds is 3. The molecule has 0 saturated heterocycles. The van der Waals surface area contributed by atoms with Gasteiger partial charge in [0.15, 0.2) is 5.13 Å². The Morgan fingerprint density at radius 3 is 2.08 bits per heavy atom. The maximum atomic E-state index is 11.5.